The van der Waals surface area contributed by atoms with Crippen LogP contribution in [0.5, 0.6) is 0 Å². The van der Waals surface area contributed by atoms with Gasteiger partial charge in [-0.2, -0.15) is 0 Å². The maximum absolute atomic E-state index is 2.56. The Bertz CT molecular complexity index is 500. The Morgan fingerprint density at radius 3 is 0.974 bits per heavy atom. The third-order valence-electron chi connectivity index (χ3n) is 7.48. The molecule has 1 nitrogen and oxygen atoms in total. The van der Waals surface area contributed by atoms with Crippen molar-refractivity contribution in [1.29, 1.82) is 0 Å². The van der Waals surface area contributed by atoms with E-state index in [1.165, 1.54) is 154 Å². The molecule has 2 heteroatoms. The summed E-state index contributed by atoms with van der Waals surface area (Å²) < 4.78 is 0. The van der Waals surface area contributed by atoms with Crippen LogP contribution in [0.25, 0.3) is 0 Å². The average Bonchev–Trinajstić information content (AvgIpc) is 2.92. The van der Waals surface area contributed by atoms with Crippen LogP contribution in [-0.4, -0.2) is 25.0 Å². The Morgan fingerprint density at radius 1 is 0.359 bits per heavy atom. The van der Waals surface area contributed by atoms with E-state index in [-0.39, 0.29) is 12.4 Å². The highest BCUT2D eigenvalue weighted by Crippen LogP contribution is 2.11. The van der Waals surface area contributed by atoms with Crippen molar-refractivity contribution >= 4 is 12.4 Å². The third kappa shape index (κ3) is 37.2. The van der Waals surface area contributed by atoms with Gasteiger partial charge in [0.15, 0.2) is 0 Å². The zero-order chi connectivity index (χ0) is 27.6. The molecule has 0 bridgehead atoms. The Balaban J connectivity index is 0. The van der Waals surface area contributed by atoms with E-state index in [1.54, 1.807) is 0 Å². The van der Waals surface area contributed by atoms with Crippen molar-refractivity contribution in [3.8, 4) is 0 Å². The molecule has 230 valence electrons. The molecule has 0 atom stereocenters. The van der Waals surface area contributed by atoms with E-state index in [0.29, 0.717) is 0 Å². The molecular weight excluding hydrogens is 494 g/mol. The van der Waals surface area contributed by atoms with Gasteiger partial charge in [0.2, 0.25) is 0 Å². The maximum Gasteiger partial charge on any atom is -0.00218 e. The summed E-state index contributed by atoms with van der Waals surface area (Å²) in [6, 6.07) is 0. The molecule has 0 aliphatic carbocycles. The van der Waals surface area contributed by atoms with Gasteiger partial charge in [0.05, 0.1) is 0 Å². The van der Waals surface area contributed by atoms with Crippen molar-refractivity contribution in [3.63, 3.8) is 0 Å². The fourth-order valence-electron chi connectivity index (χ4n) is 4.85. The molecule has 0 saturated carbocycles. The first-order valence-electron chi connectivity index (χ1n) is 17.1. The molecule has 0 N–H and O–H groups in total. The van der Waals surface area contributed by atoms with Gasteiger partial charge in [0, 0.05) is 0 Å². The monoisotopic (exact) mass is 564 g/mol. The third-order valence-corrected chi connectivity index (χ3v) is 7.48. The molecule has 0 amide bonds. The molecule has 0 fully saturated rings. The van der Waals surface area contributed by atoms with Crippen LogP contribution in [0.1, 0.15) is 168 Å². The summed E-state index contributed by atoms with van der Waals surface area (Å²) in [5.41, 5.74) is 0. The first-order valence-corrected chi connectivity index (χ1v) is 17.1. The first kappa shape index (κ1) is 40.3. The predicted molar refractivity (Wildman–Crippen MR) is 183 cm³/mol. The highest BCUT2D eigenvalue weighted by atomic mass is 35.5. The summed E-state index contributed by atoms with van der Waals surface area (Å²) in [5.74, 6) is 0. The first-order chi connectivity index (χ1) is 18.8. The number of halogens is 1. The summed E-state index contributed by atoms with van der Waals surface area (Å²) in [6.07, 6.45) is 51.0. The Labute approximate surface area is 253 Å². The lowest BCUT2D eigenvalue weighted by Gasteiger charge is -2.16. The van der Waals surface area contributed by atoms with E-state index in [1.807, 2.05) is 0 Å². The molecule has 0 heterocycles. The molecule has 0 saturated heterocycles. The van der Waals surface area contributed by atoms with Crippen LogP contribution >= 0.6 is 12.4 Å². The summed E-state index contributed by atoms with van der Waals surface area (Å²) in [7, 11) is 2.32. The van der Waals surface area contributed by atoms with Crippen LogP contribution in [0, 0.1) is 0 Å². The molecule has 0 spiro atoms. The zero-order valence-electron chi connectivity index (χ0n) is 26.9. The maximum atomic E-state index is 2.56. The lowest BCUT2D eigenvalue weighted by atomic mass is 10.1. The van der Waals surface area contributed by atoms with Gasteiger partial charge in [-0.3, -0.25) is 0 Å². The summed E-state index contributed by atoms with van der Waals surface area (Å²) in [5, 5.41) is 0. The quantitative estimate of drug-likeness (QED) is 0.0620. The second-order valence-electron chi connectivity index (χ2n) is 11.5. The van der Waals surface area contributed by atoms with E-state index in [0.717, 1.165) is 12.8 Å². The van der Waals surface area contributed by atoms with E-state index < -0.39 is 0 Å². The molecule has 0 radical (unpaired) electrons. The number of allylic oxidation sites excluding steroid dienone is 8. The molecule has 0 aliphatic heterocycles. The molecule has 0 rings (SSSR count). The second kappa shape index (κ2) is 37.2. The topological polar surface area (TPSA) is 3.24 Å². The van der Waals surface area contributed by atoms with Gasteiger partial charge in [0.25, 0.3) is 0 Å². The van der Waals surface area contributed by atoms with Gasteiger partial charge in [-0.25, -0.2) is 0 Å². The molecule has 0 aromatic rings. The van der Waals surface area contributed by atoms with Crippen LogP contribution in [-0.2, 0) is 0 Å². The molecule has 0 aromatic heterocycles. The summed E-state index contributed by atoms with van der Waals surface area (Å²) in [4.78, 5) is 2.56. The van der Waals surface area contributed by atoms with E-state index in [9.17, 15) is 0 Å². The SMILES string of the molecule is CCCCC/C=C\C/C=C\CCCCCCCCN(C)CCCCCCCC/C=C\C/C=C\CCCCC.Cl. The van der Waals surface area contributed by atoms with E-state index in [2.05, 4.69) is 74.4 Å². The Morgan fingerprint density at radius 2 is 0.641 bits per heavy atom. The number of hydrogen-bond acceptors (Lipinski definition) is 1. The zero-order valence-corrected chi connectivity index (χ0v) is 27.7. The summed E-state index contributed by atoms with van der Waals surface area (Å²) >= 11 is 0. The standard InChI is InChI=1S/C37H69N.ClH/c1-4-6-8-10-12-14-16-18-20-22-24-26-28-30-32-34-36-38(3)37-35-33-31-29-27-25-23-21-19-17-15-13-11-9-7-5-2;/h12-15,18-21H,4-11,16-17,22-37H2,1-3H3;1H/b14-12-,15-13-,20-18-,21-19-;. The minimum Gasteiger partial charge on any atom is -0.306 e. The van der Waals surface area contributed by atoms with Gasteiger partial charge in [-0.15, -0.1) is 12.4 Å². The van der Waals surface area contributed by atoms with Crippen molar-refractivity contribution in [1.82, 2.24) is 4.90 Å². The largest absolute Gasteiger partial charge is 0.306 e. The van der Waals surface area contributed by atoms with Gasteiger partial charge >= 0.3 is 0 Å². The van der Waals surface area contributed by atoms with Crippen LogP contribution in [0.3, 0.4) is 0 Å². The van der Waals surface area contributed by atoms with Crippen molar-refractivity contribution in [2.75, 3.05) is 20.1 Å². The van der Waals surface area contributed by atoms with Gasteiger partial charge in [-0.05, 0) is 97.2 Å². The van der Waals surface area contributed by atoms with Gasteiger partial charge in [0.1, 0.15) is 0 Å². The van der Waals surface area contributed by atoms with Crippen molar-refractivity contribution in [3.05, 3.63) is 48.6 Å². The van der Waals surface area contributed by atoms with Crippen LogP contribution in [0.2, 0.25) is 0 Å². The molecule has 0 aromatic carbocycles. The predicted octanol–water partition coefficient (Wildman–Crippen LogP) is 13.0. The highest BCUT2D eigenvalue weighted by Gasteiger charge is 1.99. The van der Waals surface area contributed by atoms with Crippen LogP contribution in [0.15, 0.2) is 48.6 Å². The smallest absolute Gasteiger partial charge is 0.00218 e. The molecule has 39 heavy (non-hydrogen) atoms. The highest BCUT2D eigenvalue weighted by molar-refractivity contribution is 5.85. The van der Waals surface area contributed by atoms with E-state index >= 15 is 0 Å². The lowest BCUT2D eigenvalue weighted by Crippen LogP contribution is -2.20. The number of hydrogen-bond donors (Lipinski definition) is 0. The molecule has 0 unspecified atom stereocenters. The fourth-order valence-corrected chi connectivity index (χ4v) is 4.85. The van der Waals surface area contributed by atoms with Crippen molar-refractivity contribution in [2.45, 2.75) is 168 Å². The Kier molecular flexibility index (Phi) is 38.5. The van der Waals surface area contributed by atoms with Gasteiger partial charge < -0.3 is 4.90 Å². The van der Waals surface area contributed by atoms with Crippen LogP contribution in [0.4, 0.5) is 0 Å². The van der Waals surface area contributed by atoms with Crippen molar-refractivity contribution in [2.24, 2.45) is 0 Å². The van der Waals surface area contributed by atoms with Crippen LogP contribution < -0.4 is 0 Å². The fraction of sp³-hybridized carbons (Fsp3) is 0.784. The minimum absolute atomic E-state index is 0. The molecule has 0 aliphatic rings. The second-order valence-corrected chi connectivity index (χ2v) is 11.5. The number of nitrogens with zero attached hydrogens (tertiary/aromatic N) is 1. The van der Waals surface area contributed by atoms with E-state index in [4.69, 9.17) is 0 Å². The molecular formula is C37H70ClN. The van der Waals surface area contributed by atoms with Gasteiger partial charge in [-0.1, -0.05) is 140 Å². The minimum atomic E-state index is 0. The van der Waals surface area contributed by atoms with Crippen molar-refractivity contribution < 1.29 is 0 Å². The Hall–Kier alpha value is -0.790. The normalized spacial score (nSPS) is 12.2. The number of rotatable bonds is 30. The average molecular weight is 564 g/mol. The summed E-state index contributed by atoms with van der Waals surface area (Å²) in [6.45, 7) is 7.11. The lowest BCUT2D eigenvalue weighted by molar-refractivity contribution is 0.314. The number of unbranched alkanes of at least 4 members (excludes halogenated alkanes) is 18.